The smallest absolute Gasteiger partial charge is 0.268 e. The summed E-state index contributed by atoms with van der Waals surface area (Å²) in [6, 6.07) is -0.912. The Bertz CT molecular complexity index is 1260. The lowest BCUT2D eigenvalue weighted by molar-refractivity contribution is -0.870. The molecule has 0 radical (unpaired) electrons. The molecule has 3 unspecified atom stereocenters. The highest BCUT2D eigenvalue weighted by atomic mass is 31.2. The van der Waals surface area contributed by atoms with Crippen molar-refractivity contribution < 1.29 is 32.9 Å². The quantitative estimate of drug-likeness (QED) is 0.0272. The van der Waals surface area contributed by atoms with Crippen LogP contribution >= 0.6 is 7.82 Å². The fraction of sp³-hybridized carbons (Fsp3) is 0.850. The average molecular weight is 992 g/mol. The van der Waals surface area contributed by atoms with Gasteiger partial charge in [0.1, 0.15) is 13.2 Å². The van der Waals surface area contributed by atoms with Gasteiger partial charge in [0.15, 0.2) is 0 Å². The van der Waals surface area contributed by atoms with Gasteiger partial charge in [0, 0.05) is 6.42 Å². The molecule has 406 valence electrons. The summed E-state index contributed by atoms with van der Waals surface area (Å²) in [6.07, 6.45) is 67.9. The summed E-state index contributed by atoms with van der Waals surface area (Å²) in [6.45, 7) is 4.61. The molecule has 0 aliphatic rings. The van der Waals surface area contributed by atoms with Crippen LogP contribution in [0.2, 0.25) is 0 Å². The molecule has 0 bridgehead atoms. The summed E-state index contributed by atoms with van der Waals surface area (Å²) >= 11 is 0. The number of carbonyl (C=O) groups is 1. The van der Waals surface area contributed by atoms with Crippen LogP contribution < -0.4 is 10.2 Å². The first kappa shape index (κ1) is 67.5. The molecule has 2 N–H and O–H groups in total. The molecule has 0 fully saturated rings. The van der Waals surface area contributed by atoms with E-state index in [1.165, 1.54) is 193 Å². The normalized spacial score (nSPS) is 14.2. The molecule has 0 aromatic carbocycles. The van der Waals surface area contributed by atoms with Gasteiger partial charge in [0.2, 0.25) is 5.91 Å². The van der Waals surface area contributed by atoms with Crippen molar-refractivity contribution in [1.29, 1.82) is 0 Å². The number of amides is 1. The Morgan fingerprint density at radius 3 is 1.29 bits per heavy atom. The van der Waals surface area contributed by atoms with Crippen LogP contribution in [0.4, 0.5) is 0 Å². The molecule has 8 nitrogen and oxygen atoms in total. The number of likely N-dealkylation sites (N-methyl/N-ethyl adjacent to an activating group) is 1. The van der Waals surface area contributed by atoms with E-state index in [0.29, 0.717) is 17.4 Å². The van der Waals surface area contributed by atoms with Gasteiger partial charge >= 0.3 is 0 Å². The standard InChI is InChI=1S/C60H115N2O6P/c1-6-8-10-12-14-16-18-20-22-23-24-25-26-27-28-29-30-31-32-33-34-35-36-37-38-40-41-43-45-47-49-51-53-59(63)58(57-68-69(65,66)67-56-55-62(3,4)5)61-60(64)54-52-50-48-46-44-42-39-21-19-17-15-13-11-9-7-2/h15,17,21,39,43,45,51,53,58-59,63H,6-14,16,18-20,22-38,40-42,44,46-50,52,54-57H2,1-5H3,(H-,61,64,65,66)/b17-15-,39-21-,45-43+,53-51+. The van der Waals surface area contributed by atoms with Crippen LogP contribution in [0.1, 0.15) is 277 Å². The van der Waals surface area contributed by atoms with Crippen molar-refractivity contribution in [3.8, 4) is 0 Å². The lowest BCUT2D eigenvalue weighted by Gasteiger charge is -2.29. The van der Waals surface area contributed by atoms with E-state index in [0.717, 1.165) is 64.2 Å². The van der Waals surface area contributed by atoms with Gasteiger partial charge in [0.25, 0.3) is 7.82 Å². The number of allylic oxidation sites excluding steroid dienone is 7. The van der Waals surface area contributed by atoms with Crippen LogP contribution in [-0.2, 0) is 18.4 Å². The molecular formula is C60H115N2O6P. The van der Waals surface area contributed by atoms with Crippen LogP contribution in [-0.4, -0.2) is 68.5 Å². The van der Waals surface area contributed by atoms with Crippen molar-refractivity contribution in [2.45, 2.75) is 289 Å². The molecular weight excluding hydrogens is 876 g/mol. The van der Waals surface area contributed by atoms with Crippen molar-refractivity contribution in [2.24, 2.45) is 0 Å². The zero-order chi connectivity index (χ0) is 50.6. The van der Waals surface area contributed by atoms with Gasteiger partial charge in [-0.1, -0.05) is 255 Å². The Hall–Kier alpha value is -1.54. The Balaban J connectivity index is 4.13. The van der Waals surface area contributed by atoms with Gasteiger partial charge in [-0.15, -0.1) is 0 Å². The fourth-order valence-corrected chi connectivity index (χ4v) is 9.34. The Kier molecular flexibility index (Phi) is 50.2. The van der Waals surface area contributed by atoms with Gasteiger partial charge in [-0.05, 0) is 64.2 Å². The molecule has 69 heavy (non-hydrogen) atoms. The minimum atomic E-state index is -4.61. The summed E-state index contributed by atoms with van der Waals surface area (Å²) in [7, 11) is 1.24. The average Bonchev–Trinajstić information content (AvgIpc) is 3.31. The number of phosphoric acid groups is 1. The van der Waals surface area contributed by atoms with E-state index in [-0.39, 0.29) is 12.5 Å². The zero-order valence-corrected chi connectivity index (χ0v) is 47.2. The summed E-state index contributed by atoms with van der Waals surface area (Å²) < 4.78 is 23.3. The minimum Gasteiger partial charge on any atom is -0.756 e. The van der Waals surface area contributed by atoms with Gasteiger partial charge < -0.3 is 28.8 Å². The molecule has 0 saturated heterocycles. The first-order chi connectivity index (χ1) is 33.5. The van der Waals surface area contributed by atoms with Gasteiger partial charge in [-0.3, -0.25) is 9.36 Å². The van der Waals surface area contributed by atoms with E-state index in [4.69, 9.17) is 9.05 Å². The third-order valence-corrected chi connectivity index (χ3v) is 14.2. The maximum atomic E-state index is 12.9. The first-order valence-corrected chi connectivity index (χ1v) is 31.0. The topological polar surface area (TPSA) is 108 Å². The monoisotopic (exact) mass is 991 g/mol. The van der Waals surface area contributed by atoms with Gasteiger partial charge in [0.05, 0.1) is 39.9 Å². The molecule has 0 rings (SSSR count). The van der Waals surface area contributed by atoms with Gasteiger partial charge in [-0.25, -0.2) is 0 Å². The van der Waals surface area contributed by atoms with Crippen molar-refractivity contribution in [2.75, 3.05) is 40.9 Å². The van der Waals surface area contributed by atoms with Crippen LogP contribution in [0.5, 0.6) is 0 Å². The Labute approximate surface area is 429 Å². The Morgan fingerprint density at radius 2 is 0.855 bits per heavy atom. The van der Waals surface area contributed by atoms with Crippen molar-refractivity contribution in [3.05, 3.63) is 48.6 Å². The summed E-state index contributed by atoms with van der Waals surface area (Å²) in [5, 5.41) is 13.8. The molecule has 0 aromatic heterocycles. The second-order valence-electron chi connectivity index (χ2n) is 21.3. The first-order valence-electron chi connectivity index (χ1n) is 29.5. The van der Waals surface area contributed by atoms with E-state index in [9.17, 15) is 19.4 Å². The third kappa shape index (κ3) is 54.1. The van der Waals surface area contributed by atoms with E-state index in [2.05, 4.69) is 55.6 Å². The lowest BCUT2D eigenvalue weighted by Crippen LogP contribution is -2.45. The largest absolute Gasteiger partial charge is 0.756 e. The number of unbranched alkanes of at least 4 members (excludes halogenated alkanes) is 35. The van der Waals surface area contributed by atoms with Crippen LogP contribution in [0.15, 0.2) is 48.6 Å². The molecule has 0 spiro atoms. The molecule has 0 aromatic rings. The van der Waals surface area contributed by atoms with E-state index in [1.807, 2.05) is 27.2 Å². The highest BCUT2D eigenvalue weighted by Crippen LogP contribution is 2.38. The molecule has 9 heteroatoms. The molecule has 3 atom stereocenters. The second-order valence-corrected chi connectivity index (χ2v) is 22.8. The number of aliphatic hydroxyl groups excluding tert-OH is 1. The number of carbonyl (C=O) groups excluding carboxylic acids is 1. The van der Waals surface area contributed by atoms with E-state index >= 15 is 0 Å². The summed E-state index contributed by atoms with van der Waals surface area (Å²) in [5.41, 5.74) is 0. The number of rotatable bonds is 54. The van der Waals surface area contributed by atoms with E-state index < -0.39 is 26.6 Å². The van der Waals surface area contributed by atoms with Crippen molar-refractivity contribution in [3.63, 3.8) is 0 Å². The number of nitrogens with zero attached hydrogens (tertiary/aromatic N) is 1. The predicted octanol–water partition coefficient (Wildman–Crippen LogP) is 17.3. The number of hydrogen-bond acceptors (Lipinski definition) is 6. The molecule has 0 saturated carbocycles. The summed E-state index contributed by atoms with van der Waals surface area (Å²) in [5.74, 6) is -0.220. The van der Waals surface area contributed by atoms with Gasteiger partial charge in [-0.2, -0.15) is 0 Å². The predicted molar refractivity (Wildman–Crippen MR) is 298 cm³/mol. The SMILES string of the molecule is CCCCC/C=C\C/C=C\CCCCCCCC(=O)NC(COP(=O)([O-])OCC[N+](C)(C)C)C(O)/C=C/CC/C=C/CCCCCCCCCCCCCCCCCCCCCCCCCCCC. The Morgan fingerprint density at radius 1 is 0.507 bits per heavy atom. The zero-order valence-electron chi connectivity index (χ0n) is 46.3. The van der Waals surface area contributed by atoms with Crippen LogP contribution in [0.25, 0.3) is 0 Å². The van der Waals surface area contributed by atoms with Crippen molar-refractivity contribution >= 4 is 13.7 Å². The summed E-state index contributed by atoms with van der Waals surface area (Å²) in [4.78, 5) is 25.4. The molecule has 1 amide bonds. The lowest BCUT2D eigenvalue weighted by atomic mass is 10.0. The number of phosphoric ester groups is 1. The van der Waals surface area contributed by atoms with E-state index in [1.54, 1.807) is 6.08 Å². The molecule has 0 aliphatic carbocycles. The number of hydrogen-bond donors (Lipinski definition) is 2. The van der Waals surface area contributed by atoms with Crippen molar-refractivity contribution in [1.82, 2.24) is 5.32 Å². The number of aliphatic hydroxyl groups is 1. The second kappa shape index (κ2) is 51.4. The highest BCUT2D eigenvalue weighted by Gasteiger charge is 2.23. The van der Waals surface area contributed by atoms with Crippen LogP contribution in [0, 0.1) is 0 Å². The maximum absolute atomic E-state index is 12.9. The molecule has 0 heterocycles. The third-order valence-electron chi connectivity index (χ3n) is 13.3. The minimum absolute atomic E-state index is 0.0101. The molecule has 0 aliphatic heterocycles. The highest BCUT2D eigenvalue weighted by molar-refractivity contribution is 7.45. The number of nitrogens with one attached hydrogen (secondary N) is 1. The number of quaternary nitrogens is 1. The maximum Gasteiger partial charge on any atom is 0.268 e. The fourth-order valence-electron chi connectivity index (χ4n) is 8.61. The van der Waals surface area contributed by atoms with Crippen LogP contribution in [0.3, 0.4) is 0 Å².